The Balaban J connectivity index is 2.25. The third-order valence-corrected chi connectivity index (χ3v) is 3.61. The SMILES string of the molecule is CC(=O)O[C@H]1C[C@@H](C)O[C@@]2(CCCCO2)[C@H]1OC(C)=O. The molecule has 0 N–H and O–H groups in total. The molecule has 0 amide bonds. The van der Waals surface area contributed by atoms with E-state index in [0.29, 0.717) is 19.4 Å². The summed E-state index contributed by atoms with van der Waals surface area (Å²) in [6.07, 6.45) is 1.64. The molecule has 0 saturated carbocycles. The van der Waals surface area contributed by atoms with Crippen molar-refractivity contribution in [1.29, 1.82) is 0 Å². The van der Waals surface area contributed by atoms with Gasteiger partial charge in [0.05, 0.1) is 12.7 Å². The number of esters is 2. The maximum absolute atomic E-state index is 11.4. The first kappa shape index (κ1) is 15.3. The third kappa shape index (κ3) is 3.30. The number of rotatable bonds is 2. The van der Waals surface area contributed by atoms with Crippen LogP contribution >= 0.6 is 0 Å². The monoisotopic (exact) mass is 286 g/mol. The van der Waals surface area contributed by atoms with Crippen LogP contribution in [0.15, 0.2) is 0 Å². The van der Waals surface area contributed by atoms with Gasteiger partial charge < -0.3 is 18.9 Å². The molecule has 0 unspecified atom stereocenters. The summed E-state index contributed by atoms with van der Waals surface area (Å²) in [7, 11) is 0. The second-order valence-corrected chi connectivity index (χ2v) is 5.46. The van der Waals surface area contributed by atoms with Crippen LogP contribution in [-0.2, 0) is 28.5 Å². The van der Waals surface area contributed by atoms with Gasteiger partial charge in [0.25, 0.3) is 0 Å². The molecule has 20 heavy (non-hydrogen) atoms. The highest BCUT2D eigenvalue weighted by Gasteiger charge is 2.54. The van der Waals surface area contributed by atoms with E-state index in [1.165, 1.54) is 13.8 Å². The van der Waals surface area contributed by atoms with Crippen LogP contribution in [0.1, 0.15) is 46.5 Å². The van der Waals surface area contributed by atoms with Gasteiger partial charge in [-0.2, -0.15) is 0 Å². The summed E-state index contributed by atoms with van der Waals surface area (Å²) < 4.78 is 22.5. The van der Waals surface area contributed by atoms with Gasteiger partial charge in [0, 0.05) is 26.7 Å². The molecule has 2 fully saturated rings. The Kier molecular flexibility index (Phi) is 4.65. The first-order valence-corrected chi connectivity index (χ1v) is 7.09. The van der Waals surface area contributed by atoms with Crippen molar-refractivity contribution >= 4 is 11.9 Å². The van der Waals surface area contributed by atoms with E-state index in [1.54, 1.807) is 0 Å². The molecule has 0 aromatic carbocycles. The van der Waals surface area contributed by atoms with E-state index in [1.807, 2.05) is 6.92 Å². The van der Waals surface area contributed by atoms with Gasteiger partial charge in [-0.15, -0.1) is 0 Å². The molecule has 2 heterocycles. The van der Waals surface area contributed by atoms with Crippen LogP contribution in [0.5, 0.6) is 0 Å². The lowest BCUT2D eigenvalue weighted by molar-refractivity contribution is -0.351. The molecule has 2 aliphatic heterocycles. The van der Waals surface area contributed by atoms with Crippen LogP contribution in [0.4, 0.5) is 0 Å². The fourth-order valence-electron chi connectivity index (χ4n) is 2.97. The predicted molar refractivity (Wildman–Crippen MR) is 68.8 cm³/mol. The molecule has 1 spiro atoms. The Hall–Kier alpha value is -1.14. The minimum absolute atomic E-state index is 0.121. The molecule has 114 valence electrons. The minimum Gasteiger partial charge on any atom is -0.458 e. The topological polar surface area (TPSA) is 71.1 Å². The van der Waals surface area contributed by atoms with Gasteiger partial charge in [-0.05, 0) is 19.8 Å². The highest BCUT2D eigenvalue weighted by Crippen LogP contribution is 2.40. The van der Waals surface area contributed by atoms with Crippen LogP contribution in [0.3, 0.4) is 0 Å². The lowest BCUT2D eigenvalue weighted by Gasteiger charge is -2.49. The summed E-state index contributed by atoms with van der Waals surface area (Å²) in [6, 6.07) is 0. The number of carbonyl (C=O) groups is 2. The molecular formula is C14H22O6. The zero-order chi connectivity index (χ0) is 14.8. The lowest BCUT2D eigenvalue weighted by Crippen LogP contribution is -2.62. The molecule has 6 nitrogen and oxygen atoms in total. The van der Waals surface area contributed by atoms with Gasteiger partial charge in [0.2, 0.25) is 5.79 Å². The average Bonchev–Trinajstić information content (AvgIpc) is 2.34. The molecule has 0 aliphatic carbocycles. The number of carbonyl (C=O) groups excluding carboxylic acids is 2. The van der Waals surface area contributed by atoms with Crippen LogP contribution < -0.4 is 0 Å². The van der Waals surface area contributed by atoms with E-state index in [2.05, 4.69) is 0 Å². The summed E-state index contributed by atoms with van der Waals surface area (Å²) in [6.45, 7) is 5.14. The van der Waals surface area contributed by atoms with Crippen LogP contribution in [0, 0.1) is 0 Å². The van der Waals surface area contributed by atoms with Crippen molar-refractivity contribution in [3.63, 3.8) is 0 Å². The molecule has 4 atom stereocenters. The van der Waals surface area contributed by atoms with Crippen LogP contribution in [-0.4, -0.2) is 42.6 Å². The Labute approximate surface area is 118 Å². The van der Waals surface area contributed by atoms with E-state index in [9.17, 15) is 9.59 Å². The summed E-state index contributed by atoms with van der Waals surface area (Å²) in [4.78, 5) is 22.7. The van der Waals surface area contributed by atoms with Crippen molar-refractivity contribution in [3.8, 4) is 0 Å². The molecule has 0 radical (unpaired) electrons. The van der Waals surface area contributed by atoms with E-state index in [0.717, 1.165) is 12.8 Å². The summed E-state index contributed by atoms with van der Waals surface area (Å²) in [5.74, 6) is -1.81. The maximum Gasteiger partial charge on any atom is 0.303 e. The Bertz CT molecular complexity index is 374. The zero-order valence-electron chi connectivity index (χ0n) is 12.2. The minimum atomic E-state index is -0.984. The Morgan fingerprint density at radius 1 is 1.15 bits per heavy atom. The van der Waals surface area contributed by atoms with Crippen molar-refractivity contribution in [1.82, 2.24) is 0 Å². The number of hydrogen-bond acceptors (Lipinski definition) is 6. The molecule has 2 saturated heterocycles. The number of hydrogen-bond donors (Lipinski definition) is 0. The predicted octanol–water partition coefficient (Wildman–Crippen LogP) is 1.56. The first-order valence-electron chi connectivity index (χ1n) is 7.09. The second-order valence-electron chi connectivity index (χ2n) is 5.46. The molecule has 0 aromatic heterocycles. The summed E-state index contributed by atoms with van der Waals surface area (Å²) >= 11 is 0. The quantitative estimate of drug-likeness (QED) is 0.717. The second kappa shape index (κ2) is 6.10. The molecule has 0 bridgehead atoms. The average molecular weight is 286 g/mol. The van der Waals surface area contributed by atoms with E-state index in [4.69, 9.17) is 18.9 Å². The standard InChI is InChI=1S/C14H22O6/c1-9-8-12(18-10(2)15)13(19-11(3)16)14(20-9)6-4-5-7-17-14/h9,12-13H,4-8H2,1-3H3/t9-,12+,13+,14+/m1/s1. The Morgan fingerprint density at radius 2 is 1.85 bits per heavy atom. The van der Waals surface area contributed by atoms with Gasteiger partial charge in [0.15, 0.2) is 6.10 Å². The summed E-state index contributed by atoms with van der Waals surface area (Å²) in [5.41, 5.74) is 0. The molecular weight excluding hydrogens is 264 g/mol. The molecule has 6 heteroatoms. The first-order chi connectivity index (χ1) is 9.43. The largest absolute Gasteiger partial charge is 0.458 e. The van der Waals surface area contributed by atoms with Crippen molar-refractivity contribution in [2.24, 2.45) is 0 Å². The lowest BCUT2D eigenvalue weighted by atomic mass is 9.89. The van der Waals surface area contributed by atoms with Crippen molar-refractivity contribution < 1.29 is 28.5 Å². The molecule has 2 aliphatic rings. The zero-order valence-corrected chi connectivity index (χ0v) is 12.2. The number of ether oxygens (including phenoxy) is 4. The fourth-order valence-corrected chi connectivity index (χ4v) is 2.97. The molecule has 0 aromatic rings. The van der Waals surface area contributed by atoms with Crippen LogP contribution in [0.2, 0.25) is 0 Å². The van der Waals surface area contributed by atoms with Crippen molar-refractivity contribution in [2.75, 3.05) is 6.61 Å². The van der Waals surface area contributed by atoms with Crippen LogP contribution in [0.25, 0.3) is 0 Å². The smallest absolute Gasteiger partial charge is 0.303 e. The highest BCUT2D eigenvalue weighted by atomic mass is 16.7. The summed E-state index contributed by atoms with van der Waals surface area (Å²) in [5, 5.41) is 0. The van der Waals surface area contributed by atoms with E-state index < -0.39 is 29.9 Å². The van der Waals surface area contributed by atoms with Gasteiger partial charge in [-0.25, -0.2) is 0 Å². The van der Waals surface area contributed by atoms with E-state index >= 15 is 0 Å². The fraction of sp³-hybridized carbons (Fsp3) is 0.857. The Morgan fingerprint density at radius 3 is 2.40 bits per heavy atom. The van der Waals surface area contributed by atoms with E-state index in [-0.39, 0.29) is 6.10 Å². The highest BCUT2D eigenvalue weighted by molar-refractivity contribution is 5.67. The van der Waals surface area contributed by atoms with Gasteiger partial charge in [-0.1, -0.05) is 0 Å². The third-order valence-electron chi connectivity index (χ3n) is 3.61. The molecule has 2 rings (SSSR count). The van der Waals surface area contributed by atoms with Crippen molar-refractivity contribution in [3.05, 3.63) is 0 Å². The maximum atomic E-state index is 11.4. The van der Waals surface area contributed by atoms with Crippen molar-refractivity contribution in [2.45, 2.75) is 70.6 Å². The van der Waals surface area contributed by atoms with Gasteiger partial charge >= 0.3 is 11.9 Å². The normalized spacial score (nSPS) is 37.5. The van der Waals surface area contributed by atoms with Gasteiger partial charge in [0.1, 0.15) is 6.10 Å². The van der Waals surface area contributed by atoms with Gasteiger partial charge in [-0.3, -0.25) is 9.59 Å².